The number of carbonyl (C=O) groups excluding carboxylic acids is 1. The van der Waals surface area contributed by atoms with Gasteiger partial charge in [0.15, 0.2) is 0 Å². The molecule has 0 aromatic carbocycles. The van der Waals surface area contributed by atoms with Crippen molar-refractivity contribution in [3.63, 3.8) is 0 Å². The van der Waals surface area contributed by atoms with Crippen LogP contribution in [0.2, 0.25) is 0 Å². The van der Waals surface area contributed by atoms with Crippen LogP contribution in [0.25, 0.3) is 0 Å². The first kappa shape index (κ1) is 62.2. The average molecular weight is 914 g/mol. The molecule has 0 aromatic heterocycles. The zero-order valence-corrected chi connectivity index (χ0v) is 43.7. The second kappa shape index (κ2) is 46.4. The first-order valence-corrected chi connectivity index (χ1v) is 29.1. The monoisotopic (exact) mass is 914 g/mol. The number of aliphatic hydroxyl groups excluding tert-OH is 1. The van der Waals surface area contributed by atoms with Gasteiger partial charge in [-0.25, -0.2) is 4.57 Å². The van der Waals surface area contributed by atoms with Crippen LogP contribution in [0.1, 0.15) is 277 Å². The summed E-state index contributed by atoms with van der Waals surface area (Å²) < 4.78 is 23.7. The molecule has 0 rings (SSSR count). The molecule has 3 atom stereocenters. The number of likely N-dealkylation sites (N-methyl/N-ethyl adjacent to an activating group) is 1. The normalized spacial score (nSPS) is 14.1. The topological polar surface area (TPSA) is 105 Å². The molecule has 3 N–H and O–H groups in total. The number of rotatable bonds is 51. The summed E-state index contributed by atoms with van der Waals surface area (Å²) in [4.78, 5) is 23.3. The van der Waals surface area contributed by atoms with Crippen molar-refractivity contribution in [1.29, 1.82) is 0 Å². The molecular formula is C54H110N2O6P+. The first-order valence-electron chi connectivity index (χ1n) is 27.6. The molecule has 63 heavy (non-hydrogen) atoms. The molecule has 0 saturated heterocycles. The number of nitrogens with zero attached hydrogens (tertiary/aromatic N) is 1. The van der Waals surface area contributed by atoms with Gasteiger partial charge >= 0.3 is 7.82 Å². The van der Waals surface area contributed by atoms with E-state index in [1.54, 1.807) is 6.08 Å². The number of phosphoric ester groups is 1. The average Bonchev–Trinajstić information content (AvgIpc) is 3.24. The highest BCUT2D eigenvalue weighted by Gasteiger charge is 2.27. The minimum Gasteiger partial charge on any atom is -0.387 e. The number of aliphatic hydroxyl groups is 1. The smallest absolute Gasteiger partial charge is 0.387 e. The predicted molar refractivity (Wildman–Crippen MR) is 272 cm³/mol. The Morgan fingerprint density at radius 1 is 0.524 bits per heavy atom. The molecule has 1 amide bonds. The molecule has 0 aromatic rings. The zero-order valence-electron chi connectivity index (χ0n) is 42.8. The van der Waals surface area contributed by atoms with Gasteiger partial charge < -0.3 is 19.8 Å². The molecule has 8 nitrogen and oxygen atoms in total. The summed E-state index contributed by atoms with van der Waals surface area (Å²) in [6.07, 6.45) is 55.8. The SMILES string of the molecule is CCCCCCCCCCCCCCCCC/C=C/[C@@H](O)[C@H](COP(=O)(O)OCC[N+](C)(C)C)NC(=O)CCCCCCCCCCCCCCCCCCCCCCCCCC. The van der Waals surface area contributed by atoms with E-state index >= 15 is 0 Å². The van der Waals surface area contributed by atoms with Crippen molar-refractivity contribution in [2.24, 2.45) is 0 Å². The van der Waals surface area contributed by atoms with Gasteiger partial charge in [0.2, 0.25) is 5.91 Å². The standard InChI is InChI=1S/C54H109N2O6P/c1-6-8-10-12-14-16-18-20-22-24-25-26-27-28-29-30-32-34-36-38-40-42-44-46-48-54(58)55-52(51-62-63(59,60)61-50-49-56(3,4)5)53(57)47-45-43-41-39-37-35-33-31-23-21-19-17-15-13-11-9-7-2/h45,47,52-53,57H,6-44,46,48-51H2,1-5H3,(H-,55,58,59,60)/p+1/b47-45+/t52-,53+/m0/s1. The highest BCUT2D eigenvalue weighted by Crippen LogP contribution is 2.43. The highest BCUT2D eigenvalue weighted by atomic mass is 31.2. The molecule has 0 radical (unpaired) electrons. The van der Waals surface area contributed by atoms with E-state index in [0.717, 1.165) is 32.1 Å². The third kappa shape index (κ3) is 49.0. The summed E-state index contributed by atoms with van der Waals surface area (Å²) in [7, 11) is 1.59. The zero-order chi connectivity index (χ0) is 46.4. The van der Waals surface area contributed by atoms with Crippen LogP contribution in [0.5, 0.6) is 0 Å². The molecule has 0 aliphatic carbocycles. The van der Waals surface area contributed by atoms with Crippen molar-refractivity contribution in [3.8, 4) is 0 Å². The number of quaternary nitrogens is 1. The Labute approximate surface area is 392 Å². The molecule has 0 fully saturated rings. The van der Waals surface area contributed by atoms with E-state index in [1.165, 1.54) is 225 Å². The third-order valence-corrected chi connectivity index (χ3v) is 13.7. The fourth-order valence-electron chi connectivity index (χ4n) is 8.40. The number of nitrogens with one attached hydrogen (secondary N) is 1. The lowest BCUT2D eigenvalue weighted by Gasteiger charge is -2.25. The molecule has 9 heteroatoms. The van der Waals surface area contributed by atoms with Crippen LogP contribution >= 0.6 is 7.82 Å². The Morgan fingerprint density at radius 2 is 0.841 bits per heavy atom. The summed E-state index contributed by atoms with van der Waals surface area (Å²) in [5.41, 5.74) is 0. The van der Waals surface area contributed by atoms with E-state index < -0.39 is 20.0 Å². The first-order chi connectivity index (χ1) is 30.5. The van der Waals surface area contributed by atoms with Gasteiger partial charge in [-0.2, -0.15) is 0 Å². The Morgan fingerprint density at radius 3 is 1.17 bits per heavy atom. The minimum absolute atomic E-state index is 0.0651. The third-order valence-electron chi connectivity index (χ3n) is 12.8. The van der Waals surface area contributed by atoms with Crippen LogP contribution in [-0.2, 0) is 18.4 Å². The second-order valence-electron chi connectivity index (χ2n) is 20.3. The van der Waals surface area contributed by atoms with Crippen molar-refractivity contribution in [2.45, 2.75) is 289 Å². The fourth-order valence-corrected chi connectivity index (χ4v) is 9.13. The van der Waals surface area contributed by atoms with E-state index in [9.17, 15) is 19.4 Å². The Hall–Kier alpha value is -0.760. The van der Waals surface area contributed by atoms with Crippen molar-refractivity contribution < 1.29 is 32.9 Å². The van der Waals surface area contributed by atoms with Crippen LogP contribution < -0.4 is 5.32 Å². The molecule has 0 spiro atoms. The van der Waals surface area contributed by atoms with E-state index in [0.29, 0.717) is 17.4 Å². The molecule has 0 bridgehead atoms. The van der Waals surface area contributed by atoms with Crippen LogP contribution in [0.15, 0.2) is 12.2 Å². The van der Waals surface area contributed by atoms with E-state index in [1.807, 2.05) is 27.2 Å². The van der Waals surface area contributed by atoms with Crippen LogP contribution in [-0.4, -0.2) is 73.4 Å². The van der Waals surface area contributed by atoms with E-state index in [-0.39, 0.29) is 19.1 Å². The fraction of sp³-hybridized carbons (Fsp3) is 0.944. The van der Waals surface area contributed by atoms with Gasteiger partial charge in [0.1, 0.15) is 13.2 Å². The van der Waals surface area contributed by atoms with Crippen molar-refractivity contribution in [3.05, 3.63) is 12.2 Å². The van der Waals surface area contributed by atoms with Crippen molar-refractivity contribution in [1.82, 2.24) is 5.32 Å². The van der Waals surface area contributed by atoms with Crippen LogP contribution in [0, 0.1) is 0 Å². The summed E-state index contributed by atoms with van der Waals surface area (Å²) in [6.45, 7) is 4.86. The Balaban J connectivity index is 4.18. The summed E-state index contributed by atoms with van der Waals surface area (Å²) in [5, 5.41) is 13.9. The van der Waals surface area contributed by atoms with Gasteiger partial charge in [-0.3, -0.25) is 13.8 Å². The van der Waals surface area contributed by atoms with Crippen molar-refractivity contribution >= 4 is 13.7 Å². The number of carbonyl (C=O) groups is 1. The molecule has 376 valence electrons. The summed E-state index contributed by atoms with van der Waals surface area (Å²) >= 11 is 0. The van der Waals surface area contributed by atoms with E-state index in [4.69, 9.17) is 9.05 Å². The second-order valence-corrected chi connectivity index (χ2v) is 21.8. The molecule has 0 aliphatic heterocycles. The molecule has 0 saturated carbocycles. The number of hydrogen-bond donors (Lipinski definition) is 3. The maximum Gasteiger partial charge on any atom is 0.472 e. The van der Waals surface area contributed by atoms with E-state index in [2.05, 4.69) is 19.2 Å². The van der Waals surface area contributed by atoms with Crippen molar-refractivity contribution in [2.75, 3.05) is 40.9 Å². The van der Waals surface area contributed by atoms with Gasteiger partial charge in [0, 0.05) is 6.42 Å². The lowest BCUT2D eigenvalue weighted by Crippen LogP contribution is -2.45. The molecular weight excluding hydrogens is 804 g/mol. The maximum atomic E-state index is 13.0. The maximum absolute atomic E-state index is 13.0. The number of unbranched alkanes of at least 4 members (excludes halogenated alkanes) is 38. The van der Waals surface area contributed by atoms with Gasteiger partial charge in [-0.05, 0) is 19.3 Å². The van der Waals surface area contributed by atoms with Crippen LogP contribution in [0.3, 0.4) is 0 Å². The summed E-state index contributed by atoms with van der Waals surface area (Å²) in [6, 6.07) is -0.841. The van der Waals surface area contributed by atoms with Gasteiger partial charge in [0.05, 0.1) is 39.9 Å². The lowest BCUT2D eigenvalue weighted by atomic mass is 10.0. The number of allylic oxidation sites excluding steroid dienone is 1. The quantitative estimate of drug-likeness (QED) is 0.0243. The molecule has 0 heterocycles. The van der Waals surface area contributed by atoms with Crippen LogP contribution in [0.4, 0.5) is 0 Å². The Bertz CT molecular complexity index is 1040. The number of amides is 1. The van der Waals surface area contributed by atoms with Gasteiger partial charge in [-0.15, -0.1) is 0 Å². The highest BCUT2D eigenvalue weighted by molar-refractivity contribution is 7.47. The molecule has 1 unspecified atom stereocenters. The predicted octanol–water partition coefficient (Wildman–Crippen LogP) is 16.3. The largest absolute Gasteiger partial charge is 0.472 e. The lowest BCUT2D eigenvalue weighted by molar-refractivity contribution is -0.870. The van der Waals surface area contributed by atoms with Gasteiger partial charge in [0.25, 0.3) is 0 Å². The van der Waals surface area contributed by atoms with Gasteiger partial charge in [-0.1, -0.05) is 264 Å². The minimum atomic E-state index is -4.34. The number of phosphoric acid groups is 1. The number of hydrogen-bond acceptors (Lipinski definition) is 5. The molecule has 0 aliphatic rings. The Kier molecular flexibility index (Phi) is 45.8. The summed E-state index contributed by atoms with van der Waals surface area (Å²) in [5.74, 6) is -0.170.